The summed E-state index contributed by atoms with van der Waals surface area (Å²) in [5, 5.41) is 11.7. The summed E-state index contributed by atoms with van der Waals surface area (Å²) in [7, 11) is 0. The molecule has 0 saturated carbocycles. The van der Waals surface area contributed by atoms with Crippen molar-refractivity contribution >= 4 is 17.1 Å². The molecule has 0 bridgehead atoms. The van der Waals surface area contributed by atoms with Crippen LogP contribution in [0.3, 0.4) is 0 Å². The molecular weight excluding hydrogens is 229 g/mol. The summed E-state index contributed by atoms with van der Waals surface area (Å²) in [6, 6.07) is 11.6. The van der Waals surface area contributed by atoms with Crippen LogP contribution in [0.2, 0.25) is 0 Å². The normalized spacial score (nSPS) is 9.83. The van der Waals surface area contributed by atoms with Crippen LogP contribution in [0.25, 0.3) is 0 Å². The van der Waals surface area contributed by atoms with E-state index in [1.165, 1.54) is 6.07 Å². The van der Waals surface area contributed by atoms with Gasteiger partial charge in [0.2, 0.25) is 0 Å². The zero-order valence-corrected chi connectivity index (χ0v) is 9.87. The number of nitrogen functional groups attached to an aromatic ring is 1. The number of rotatable bonds is 2. The fourth-order valence-corrected chi connectivity index (χ4v) is 1.63. The molecule has 0 aliphatic carbocycles. The predicted molar refractivity (Wildman–Crippen MR) is 70.0 cm³/mol. The number of nitrogens with zero attached hydrogens (tertiary/aromatic N) is 1. The molecule has 3 nitrogen and oxygen atoms in total. The Balaban J connectivity index is 2.34. The van der Waals surface area contributed by atoms with Gasteiger partial charge in [0.05, 0.1) is 28.7 Å². The van der Waals surface area contributed by atoms with Crippen molar-refractivity contribution in [2.24, 2.45) is 0 Å². The summed E-state index contributed by atoms with van der Waals surface area (Å²) in [6.07, 6.45) is 0. The highest BCUT2D eigenvalue weighted by Crippen LogP contribution is 2.26. The van der Waals surface area contributed by atoms with E-state index in [0.29, 0.717) is 22.6 Å². The number of benzene rings is 2. The zero-order valence-electron chi connectivity index (χ0n) is 9.87. The van der Waals surface area contributed by atoms with Gasteiger partial charge in [0.1, 0.15) is 5.82 Å². The lowest BCUT2D eigenvalue weighted by molar-refractivity contribution is 0.631. The number of nitrogens with two attached hydrogens (primary N) is 1. The van der Waals surface area contributed by atoms with Crippen LogP contribution in [-0.2, 0) is 0 Å². The molecule has 2 aromatic rings. The number of halogens is 1. The Morgan fingerprint density at radius 3 is 2.61 bits per heavy atom. The first-order valence-corrected chi connectivity index (χ1v) is 5.43. The van der Waals surface area contributed by atoms with Crippen molar-refractivity contribution in [2.75, 3.05) is 11.1 Å². The summed E-state index contributed by atoms with van der Waals surface area (Å²) < 4.78 is 13.6. The predicted octanol–water partition coefficient (Wildman–Crippen LogP) is 3.33. The first-order chi connectivity index (χ1) is 8.60. The molecule has 0 aliphatic heterocycles. The van der Waals surface area contributed by atoms with Gasteiger partial charge in [-0.25, -0.2) is 4.39 Å². The Labute approximate surface area is 105 Å². The van der Waals surface area contributed by atoms with Crippen molar-refractivity contribution in [3.05, 3.63) is 53.3 Å². The molecule has 0 amide bonds. The average Bonchev–Trinajstić information content (AvgIpc) is 2.36. The van der Waals surface area contributed by atoms with E-state index >= 15 is 0 Å². The van der Waals surface area contributed by atoms with E-state index in [-0.39, 0.29) is 5.82 Å². The fourth-order valence-electron chi connectivity index (χ4n) is 1.63. The third-order valence-electron chi connectivity index (χ3n) is 2.57. The quantitative estimate of drug-likeness (QED) is 0.793. The van der Waals surface area contributed by atoms with E-state index in [0.717, 1.165) is 5.56 Å². The number of hydrogen-bond donors (Lipinski definition) is 2. The lowest BCUT2D eigenvalue weighted by Crippen LogP contribution is -1.99. The molecule has 0 aliphatic rings. The Kier molecular flexibility index (Phi) is 3.16. The molecule has 90 valence electrons. The van der Waals surface area contributed by atoms with Gasteiger partial charge in [-0.3, -0.25) is 0 Å². The van der Waals surface area contributed by atoms with E-state index in [1.807, 2.05) is 13.0 Å². The summed E-state index contributed by atoms with van der Waals surface area (Å²) >= 11 is 0. The molecule has 3 N–H and O–H groups in total. The van der Waals surface area contributed by atoms with Gasteiger partial charge in [0.25, 0.3) is 0 Å². The van der Waals surface area contributed by atoms with Crippen molar-refractivity contribution in [2.45, 2.75) is 6.92 Å². The molecule has 2 rings (SSSR count). The monoisotopic (exact) mass is 241 g/mol. The first-order valence-electron chi connectivity index (χ1n) is 5.43. The van der Waals surface area contributed by atoms with Crippen LogP contribution in [0.1, 0.15) is 11.1 Å². The Morgan fingerprint density at radius 2 is 1.94 bits per heavy atom. The molecule has 0 saturated heterocycles. The summed E-state index contributed by atoms with van der Waals surface area (Å²) in [6.45, 7) is 1.88. The van der Waals surface area contributed by atoms with Crippen molar-refractivity contribution in [1.82, 2.24) is 0 Å². The van der Waals surface area contributed by atoms with E-state index in [9.17, 15) is 4.39 Å². The molecule has 0 aromatic heterocycles. The van der Waals surface area contributed by atoms with Crippen LogP contribution in [0, 0.1) is 24.1 Å². The topological polar surface area (TPSA) is 61.8 Å². The van der Waals surface area contributed by atoms with Crippen LogP contribution in [0.5, 0.6) is 0 Å². The second-order valence-corrected chi connectivity index (χ2v) is 4.02. The zero-order chi connectivity index (χ0) is 13.1. The molecule has 0 spiro atoms. The van der Waals surface area contributed by atoms with Gasteiger partial charge >= 0.3 is 0 Å². The van der Waals surface area contributed by atoms with E-state index in [1.54, 1.807) is 30.3 Å². The van der Waals surface area contributed by atoms with Gasteiger partial charge in [0, 0.05) is 0 Å². The Morgan fingerprint density at radius 1 is 1.17 bits per heavy atom. The van der Waals surface area contributed by atoms with E-state index in [4.69, 9.17) is 11.0 Å². The van der Waals surface area contributed by atoms with Gasteiger partial charge in [-0.15, -0.1) is 0 Å². The minimum atomic E-state index is -0.343. The number of hydrogen-bond acceptors (Lipinski definition) is 3. The number of aryl methyl sites for hydroxylation is 1. The maximum absolute atomic E-state index is 13.6. The Hall–Kier alpha value is -2.54. The minimum absolute atomic E-state index is 0.343. The summed E-state index contributed by atoms with van der Waals surface area (Å²) in [4.78, 5) is 0. The van der Waals surface area contributed by atoms with Gasteiger partial charge in [-0.05, 0) is 42.8 Å². The summed E-state index contributed by atoms with van der Waals surface area (Å²) in [5.74, 6) is -0.343. The second kappa shape index (κ2) is 4.76. The standard InChI is InChI=1S/C14H12FN3/c1-9-2-4-11(15)14(6-9)18-13-5-3-10(8-16)7-12(13)17/h2-7,18H,17H2,1H3. The third-order valence-corrected chi connectivity index (χ3v) is 2.57. The molecule has 0 unspecified atom stereocenters. The highest BCUT2D eigenvalue weighted by molar-refractivity contribution is 5.74. The highest BCUT2D eigenvalue weighted by atomic mass is 19.1. The van der Waals surface area contributed by atoms with E-state index < -0.39 is 0 Å². The molecule has 0 atom stereocenters. The second-order valence-electron chi connectivity index (χ2n) is 4.02. The van der Waals surface area contributed by atoms with Gasteiger partial charge < -0.3 is 11.1 Å². The SMILES string of the molecule is Cc1ccc(F)c(Nc2ccc(C#N)cc2N)c1. The van der Waals surface area contributed by atoms with Crippen molar-refractivity contribution in [1.29, 1.82) is 5.26 Å². The molecule has 0 radical (unpaired) electrons. The lowest BCUT2D eigenvalue weighted by Gasteiger charge is -2.11. The van der Waals surface area contributed by atoms with Crippen molar-refractivity contribution in [3.8, 4) is 6.07 Å². The smallest absolute Gasteiger partial charge is 0.146 e. The summed E-state index contributed by atoms with van der Waals surface area (Å²) in [5.41, 5.74) is 8.58. The molecule has 4 heteroatoms. The van der Waals surface area contributed by atoms with Crippen molar-refractivity contribution in [3.63, 3.8) is 0 Å². The highest BCUT2D eigenvalue weighted by Gasteiger charge is 2.05. The van der Waals surface area contributed by atoms with Crippen LogP contribution in [0.15, 0.2) is 36.4 Å². The van der Waals surface area contributed by atoms with Crippen molar-refractivity contribution < 1.29 is 4.39 Å². The largest absolute Gasteiger partial charge is 0.397 e. The van der Waals surface area contributed by atoms with Gasteiger partial charge in [-0.1, -0.05) is 6.07 Å². The van der Waals surface area contributed by atoms with Gasteiger partial charge in [-0.2, -0.15) is 5.26 Å². The maximum Gasteiger partial charge on any atom is 0.146 e. The molecule has 0 fully saturated rings. The fraction of sp³-hybridized carbons (Fsp3) is 0.0714. The van der Waals surface area contributed by atoms with Gasteiger partial charge in [0.15, 0.2) is 0 Å². The number of nitrogens with one attached hydrogen (secondary N) is 1. The molecule has 2 aromatic carbocycles. The minimum Gasteiger partial charge on any atom is -0.397 e. The molecule has 18 heavy (non-hydrogen) atoms. The number of anilines is 3. The molecular formula is C14H12FN3. The number of nitriles is 1. The van der Waals surface area contributed by atoms with Crippen LogP contribution >= 0.6 is 0 Å². The van der Waals surface area contributed by atoms with E-state index in [2.05, 4.69) is 5.32 Å². The third kappa shape index (κ3) is 2.41. The Bertz CT molecular complexity index is 629. The lowest BCUT2D eigenvalue weighted by atomic mass is 10.1. The maximum atomic E-state index is 13.6. The average molecular weight is 241 g/mol. The van der Waals surface area contributed by atoms with Crippen LogP contribution in [-0.4, -0.2) is 0 Å². The molecule has 0 heterocycles. The van der Waals surface area contributed by atoms with Crippen LogP contribution in [0.4, 0.5) is 21.5 Å². The van der Waals surface area contributed by atoms with Crippen LogP contribution < -0.4 is 11.1 Å². The first kappa shape index (κ1) is 11.9.